The third-order valence-electron chi connectivity index (χ3n) is 6.07. The molecule has 0 amide bonds. The van der Waals surface area contributed by atoms with Gasteiger partial charge in [-0.3, -0.25) is 0 Å². The Bertz CT molecular complexity index is 1080. The van der Waals surface area contributed by atoms with Crippen molar-refractivity contribution < 1.29 is 0 Å². The second kappa shape index (κ2) is 7.29. The topological polar surface area (TPSA) is 27.8 Å². The molecule has 2 atom stereocenters. The van der Waals surface area contributed by atoms with Crippen LogP contribution >= 0.6 is 0 Å². The maximum atomic E-state index is 3.87. The minimum absolute atomic E-state index is 0.337. The molecule has 1 aliphatic rings. The molecule has 5 rings (SSSR count). The van der Waals surface area contributed by atoms with Crippen molar-refractivity contribution in [3.63, 3.8) is 0 Å². The SMILES string of the molecule is C[C@@H](N[C@H]1CCCc2c1[nH]c1ccc(-c3ccccc3)cc21)c1ccccc1. The Morgan fingerprint density at radius 2 is 1.64 bits per heavy atom. The molecule has 0 saturated heterocycles. The molecule has 0 fully saturated rings. The summed E-state index contributed by atoms with van der Waals surface area (Å²) in [4.78, 5) is 3.74. The van der Waals surface area contributed by atoms with Gasteiger partial charge in [0.05, 0.1) is 0 Å². The van der Waals surface area contributed by atoms with Crippen LogP contribution in [-0.4, -0.2) is 4.98 Å². The highest BCUT2D eigenvalue weighted by atomic mass is 15.0. The van der Waals surface area contributed by atoms with Gasteiger partial charge in [-0.15, -0.1) is 0 Å². The average Bonchev–Trinajstić information content (AvgIpc) is 3.14. The van der Waals surface area contributed by atoms with Gasteiger partial charge in [-0.1, -0.05) is 66.7 Å². The molecule has 28 heavy (non-hydrogen) atoms. The number of H-pyrrole nitrogens is 1. The van der Waals surface area contributed by atoms with E-state index in [1.807, 2.05) is 0 Å². The third-order valence-corrected chi connectivity index (χ3v) is 6.07. The van der Waals surface area contributed by atoms with Crippen LogP contribution in [0.2, 0.25) is 0 Å². The summed E-state index contributed by atoms with van der Waals surface area (Å²) >= 11 is 0. The Morgan fingerprint density at radius 1 is 0.893 bits per heavy atom. The lowest BCUT2D eigenvalue weighted by Gasteiger charge is -2.27. The van der Waals surface area contributed by atoms with E-state index in [4.69, 9.17) is 0 Å². The number of hydrogen-bond donors (Lipinski definition) is 2. The highest BCUT2D eigenvalue weighted by molar-refractivity contribution is 5.89. The Labute approximate surface area is 166 Å². The van der Waals surface area contributed by atoms with E-state index in [1.165, 1.54) is 51.7 Å². The summed E-state index contributed by atoms with van der Waals surface area (Å²) in [5.41, 5.74) is 8.05. The first-order valence-corrected chi connectivity index (χ1v) is 10.3. The smallest absolute Gasteiger partial charge is 0.0480 e. The van der Waals surface area contributed by atoms with E-state index in [-0.39, 0.29) is 0 Å². The van der Waals surface area contributed by atoms with Gasteiger partial charge in [-0.05, 0) is 60.6 Å². The van der Waals surface area contributed by atoms with Crippen molar-refractivity contribution in [2.45, 2.75) is 38.3 Å². The summed E-state index contributed by atoms with van der Waals surface area (Å²) in [7, 11) is 0. The molecular weight excluding hydrogens is 340 g/mol. The lowest BCUT2D eigenvalue weighted by atomic mass is 9.90. The highest BCUT2D eigenvalue weighted by Gasteiger charge is 2.25. The van der Waals surface area contributed by atoms with Crippen molar-refractivity contribution in [3.05, 3.63) is 95.7 Å². The summed E-state index contributed by atoms with van der Waals surface area (Å²) in [5, 5.41) is 5.25. The minimum atomic E-state index is 0.337. The fourth-order valence-corrected chi connectivity index (χ4v) is 4.58. The van der Waals surface area contributed by atoms with Gasteiger partial charge in [0.25, 0.3) is 0 Å². The number of aromatic nitrogens is 1. The van der Waals surface area contributed by atoms with Crippen LogP contribution in [0.1, 0.15) is 48.7 Å². The van der Waals surface area contributed by atoms with Gasteiger partial charge in [0.2, 0.25) is 0 Å². The molecule has 2 N–H and O–H groups in total. The van der Waals surface area contributed by atoms with Crippen LogP contribution in [0.5, 0.6) is 0 Å². The molecule has 0 bridgehead atoms. The van der Waals surface area contributed by atoms with E-state index in [9.17, 15) is 0 Å². The summed E-state index contributed by atoms with van der Waals surface area (Å²) < 4.78 is 0. The van der Waals surface area contributed by atoms with Crippen molar-refractivity contribution in [2.24, 2.45) is 0 Å². The lowest BCUT2D eigenvalue weighted by molar-refractivity contribution is 0.410. The van der Waals surface area contributed by atoms with E-state index in [1.54, 1.807) is 0 Å². The summed E-state index contributed by atoms with van der Waals surface area (Å²) in [5.74, 6) is 0. The predicted molar refractivity (Wildman–Crippen MR) is 117 cm³/mol. The second-order valence-corrected chi connectivity index (χ2v) is 7.89. The molecule has 2 heteroatoms. The van der Waals surface area contributed by atoms with Crippen LogP contribution in [0, 0.1) is 0 Å². The summed E-state index contributed by atoms with van der Waals surface area (Å²) in [6, 6.07) is 29.0. The number of rotatable bonds is 4. The first-order valence-electron chi connectivity index (χ1n) is 10.3. The largest absolute Gasteiger partial charge is 0.357 e. The van der Waals surface area contributed by atoms with Crippen molar-refractivity contribution in [2.75, 3.05) is 0 Å². The molecule has 1 aliphatic carbocycles. The van der Waals surface area contributed by atoms with Gasteiger partial charge < -0.3 is 10.3 Å². The van der Waals surface area contributed by atoms with Crippen LogP contribution in [-0.2, 0) is 6.42 Å². The molecule has 0 spiro atoms. The molecule has 0 saturated carbocycles. The average molecular weight is 367 g/mol. The number of benzene rings is 3. The Kier molecular flexibility index (Phi) is 4.50. The number of nitrogens with one attached hydrogen (secondary N) is 2. The summed E-state index contributed by atoms with van der Waals surface area (Å²) in [6.07, 6.45) is 3.57. The van der Waals surface area contributed by atoms with Crippen molar-refractivity contribution in [1.82, 2.24) is 10.3 Å². The molecule has 4 aromatic rings. The number of fused-ring (bicyclic) bond motifs is 3. The van der Waals surface area contributed by atoms with E-state index in [0.29, 0.717) is 12.1 Å². The normalized spacial score (nSPS) is 17.4. The van der Waals surface area contributed by atoms with Crippen LogP contribution < -0.4 is 5.32 Å². The molecule has 0 aliphatic heterocycles. The van der Waals surface area contributed by atoms with Gasteiger partial charge in [0.15, 0.2) is 0 Å². The van der Waals surface area contributed by atoms with E-state index in [0.717, 1.165) is 6.42 Å². The van der Waals surface area contributed by atoms with Crippen LogP contribution in [0.25, 0.3) is 22.0 Å². The van der Waals surface area contributed by atoms with Gasteiger partial charge in [0.1, 0.15) is 0 Å². The predicted octanol–water partition coefficient (Wildman–Crippen LogP) is 6.56. The monoisotopic (exact) mass is 366 g/mol. The molecule has 0 radical (unpaired) electrons. The first-order chi connectivity index (χ1) is 13.8. The lowest BCUT2D eigenvalue weighted by Crippen LogP contribution is -2.27. The van der Waals surface area contributed by atoms with Gasteiger partial charge in [-0.2, -0.15) is 0 Å². The number of aromatic amines is 1. The van der Waals surface area contributed by atoms with Gasteiger partial charge >= 0.3 is 0 Å². The molecule has 0 unspecified atom stereocenters. The second-order valence-electron chi connectivity index (χ2n) is 7.89. The number of hydrogen-bond acceptors (Lipinski definition) is 1. The highest BCUT2D eigenvalue weighted by Crippen LogP contribution is 2.37. The first kappa shape index (κ1) is 17.3. The zero-order valence-electron chi connectivity index (χ0n) is 16.3. The fraction of sp³-hybridized carbons (Fsp3) is 0.231. The quantitative estimate of drug-likeness (QED) is 0.420. The number of aryl methyl sites for hydroxylation is 1. The Morgan fingerprint density at radius 3 is 2.43 bits per heavy atom. The fourth-order valence-electron chi connectivity index (χ4n) is 4.58. The standard InChI is InChI=1S/C26H26N2/c1-18(19-9-4-2-5-10-19)27-25-14-8-13-22-23-17-21(20-11-6-3-7-12-20)15-16-24(23)28-26(22)25/h2-7,9-12,15-18,25,27-28H,8,13-14H2,1H3/t18-,25+/m1/s1. The van der Waals surface area contributed by atoms with Crippen LogP contribution in [0.3, 0.4) is 0 Å². The van der Waals surface area contributed by atoms with E-state index in [2.05, 4.69) is 96.1 Å². The molecule has 1 heterocycles. The Balaban J connectivity index is 1.49. The van der Waals surface area contributed by atoms with E-state index >= 15 is 0 Å². The third kappa shape index (κ3) is 3.14. The van der Waals surface area contributed by atoms with Crippen molar-refractivity contribution >= 4 is 10.9 Å². The molecule has 1 aromatic heterocycles. The van der Waals surface area contributed by atoms with Crippen LogP contribution in [0.15, 0.2) is 78.9 Å². The zero-order chi connectivity index (χ0) is 18.9. The van der Waals surface area contributed by atoms with Crippen molar-refractivity contribution in [3.8, 4) is 11.1 Å². The Hall–Kier alpha value is -2.84. The maximum absolute atomic E-state index is 3.87. The van der Waals surface area contributed by atoms with E-state index < -0.39 is 0 Å². The molecular formula is C26H26N2. The minimum Gasteiger partial charge on any atom is -0.357 e. The van der Waals surface area contributed by atoms with Crippen molar-refractivity contribution in [1.29, 1.82) is 0 Å². The zero-order valence-corrected chi connectivity index (χ0v) is 16.3. The molecule has 3 aromatic carbocycles. The van der Waals surface area contributed by atoms with Gasteiger partial charge in [-0.25, -0.2) is 0 Å². The maximum Gasteiger partial charge on any atom is 0.0480 e. The van der Waals surface area contributed by atoms with Crippen LogP contribution in [0.4, 0.5) is 0 Å². The molecule has 140 valence electrons. The summed E-state index contributed by atoms with van der Waals surface area (Å²) in [6.45, 7) is 2.26. The molecule has 2 nitrogen and oxygen atoms in total. The van der Waals surface area contributed by atoms with Gasteiger partial charge in [0, 0.05) is 28.7 Å².